The van der Waals surface area contributed by atoms with Crippen molar-refractivity contribution in [2.24, 2.45) is 0 Å². The number of ketones is 1. The Morgan fingerprint density at radius 3 is 2.67 bits per heavy atom. The van der Waals surface area contributed by atoms with Crippen LogP contribution in [0.3, 0.4) is 0 Å². The summed E-state index contributed by atoms with van der Waals surface area (Å²) in [6.07, 6.45) is 1.92. The van der Waals surface area contributed by atoms with Crippen LogP contribution < -0.4 is 0 Å². The van der Waals surface area contributed by atoms with E-state index in [4.69, 9.17) is 0 Å². The first kappa shape index (κ1) is 11.0. The Hall–Kier alpha value is -2.17. The Labute approximate surface area is 103 Å². The molecule has 0 saturated carbocycles. The number of hydrogen-bond acceptors (Lipinski definition) is 3. The van der Waals surface area contributed by atoms with Gasteiger partial charge in [0.05, 0.1) is 0 Å². The van der Waals surface area contributed by atoms with Crippen LogP contribution in [0.4, 0.5) is 4.39 Å². The van der Waals surface area contributed by atoms with Crippen molar-refractivity contribution < 1.29 is 14.4 Å². The molecule has 0 amide bonds. The molecular weight excluding hydrogens is 235 g/mol. The van der Waals surface area contributed by atoms with Gasteiger partial charge in [0.1, 0.15) is 17.2 Å². The van der Waals surface area contributed by atoms with Crippen LogP contribution in [0.25, 0.3) is 11.3 Å². The van der Waals surface area contributed by atoms with Crippen molar-refractivity contribution >= 4 is 5.78 Å². The Bertz CT molecular complexity index is 617. The van der Waals surface area contributed by atoms with E-state index in [0.717, 1.165) is 16.8 Å². The number of halogens is 1. The van der Waals surface area contributed by atoms with E-state index < -0.39 is 0 Å². The molecule has 1 aliphatic carbocycles. The topological polar surface area (TPSA) is 55.1 Å². The van der Waals surface area contributed by atoms with Gasteiger partial charge in [-0.25, -0.2) is 4.39 Å². The summed E-state index contributed by atoms with van der Waals surface area (Å²) in [6, 6.07) is 5.77. The molecule has 0 spiro atoms. The van der Waals surface area contributed by atoms with E-state index in [1.165, 1.54) is 12.1 Å². The molecule has 18 heavy (non-hydrogen) atoms. The quantitative estimate of drug-likeness (QED) is 0.786. The molecule has 2 aromatic rings. The van der Waals surface area contributed by atoms with Crippen LogP contribution in [0.15, 0.2) is 24.3 Å². The molecular formula is C13H11FN2O2. The van der Waals surface area contributed by atoms with Crippen molar-refractivity contribution in [3.63, 3.8) is 0 Å². The van der Waals surface area contributed by atoms with Gasteiger partial charge in [-0.3, -0.25) is 4.79 Å². The van der Waals surface area contributed by atoms with Crippen LogP contribution in [0.2, 0.25) is 0 Å². The van der Waals surface area contributed by atoms with Crippen LogP contribution in [0.1, 0.15) is 28.9 Å². The number of carbonyl (C=O) groups excluding carboxylic acids is 1. The standard InChI is InChI=1S/C13H11FN2O2/c14-9-6-4-8(5-7-9)13-10-2-1-3-11(17)12(10)15-16(13)18/h4-7,18H,1-3H2. The third-order valence-corrected chi connectivity index (χ3v) is 3.18. The number of nitrogens with zero attached hydrogens (tertiary/aromatic N) is 2. The minimum Gasteiger partial charge on any atom is -0.411 e. The van der Waals surface area contributed by atoms with E-state index in [1.54, 1.807) is 12.1 Å². The second-order valence-electron chi connectivity index (χ2n) is 4.35. The second kappa shape index (κ2) is 3.94. The number of hydrogen-bond donors (Lipinski definition) is 1. The van der Waals surface area contributed by atoms with Crippen molar-refractivity contribution in [3.8, 4) is 11.3 Å². The number of carbonyl (C=O) groups is 1. The molecule has 1 N–H and O–H groups in total. The monoisotopic (exact) mass is 246 g/mol. The second-order valence-corrected chi connectivity index (χ2v) is 4.35. The normalized spacial score (nSPS) is 14.6. The van der Waals surface area contributed by atoms with E-state index in [9.17, 15) is 14.4 Å². The van der Waals surface area contributed by atoms with Crippen molar-refractivity contribution in [1.29, 1.82) is 0 Å². The molecule has 5 heteroatoms. The highest BCUT2D eigenvalue weighted by Crippen LogP contribution is 2.30. The van der Waals surface area contributed by atoms with Gasteiger partial charge in [-0.1, -0.05) is 0 Å². The number of rotatable bonds is 1. The lowest BCUT2D eigenvalue weighted by Crippen LogP contribution is -2.10. The lowest BCUT2D eigenvalue weighted by atomic mass is 9.93. The smallest absolute Gasteiger partial charge is 0.183 e. The highest BCUT2D eigenvalue weighted by Gasteiger charge is 2.26. The van der Waals surface area contributed by atoms with Crippen molar-refractivity contribution in [3.05, 3.63) is 41.3 Å². The summed E-state index contributed by atoms with van der Waals surface area (Å²) >= 11 is 0. The summed E-state index contributed by atoms with van der Waals surface area (Å²) in [7, 11) is 0. The molecule has 3 rings (SSSR count). The number of aromatic nitrogens is 2. The zero-order valence-electron chi connectivity index (χ0n) is 9.56. The van der Waals surface area contributed by atoms with Crippen LogP contribution >= 0.6 is 0 Å². The maximum Gasteiger partial charge on any atom is 0.183 e. The fraction of sp³-hybridized carbons (Fsp3) is 0.231. The van der Waals surface area contributed by atoms with Crippen LogP contribution in [0.5, 0.6) is 0 Å². The summed E-state index contributed by atoms with van der Waals surface area (Å²) in [6.45, 7) is 0. The first-order chi connectivity index (χ1) is 8.66. The van der Waals surface area contributed by atoms with Crippen molar-refractivity contribution in [1.82, 2.24) is 9.94 Å². The third-order valence-electron chi connectivity index (χ3n) is 3.18. The van der Waals surface area contributed by atoms with Gasteiger partial charge in [-0.15, -0.1) is 9.94 Å². The number of Topliss-reactive ketones (excluding diaryl/α,β-unsaturated/α-hetero) is 1. The molecule has 92 valence electrons. The van der Waals surface area contributed by atoms with Gasteiger partial charge in [-0.05, 0) is 37.1 Å². The Kier molecular flexibility index (Phi) is 2.40. The summed E-state index contributed by atoms with van der Waals surface area (Å²) in [4.78, 5) is 12.4. The largest absolute Gasteiger partial charge is 0.411 e. The van der Waals surface area contributed by atoms with Gasteiger partial charge >= 0.3 is 0 Å². The molecule has 4 nitrogen and oxygen atoms in total. The molecule has 0 atom stereocenters. The van der Waals surface area contributed by atoms with E-state index >= 15 is 0 Å². The molecule has 1 aliphatic rings. The predicted molar refractivity (Wildman–Crippen MR) is 62.1 cm³/mol. The van der Waals surface area contributed by atoms with Gasteiger partial charge in [0.15, 0.2) is 5.78 Å². The fourth-order valence-electron chi connectivity index (χ4n) is 2.34. The first-order valence-corrected chi connectivity index (χ1v) is 5.77. The van der Waals surface area contributed by atoms with Gasteiger partial charge < -0.3 is 5.21 Å². The molecule has 1 aromatic carbocycles. The third kappa shape index (κ3) is 1.59. The molecule has 0 bridgehead atoms. The SMILES string of the molecule is O=C1CCCc2c1nn(O)c2-c1ccc(F)cc1. The molecule has 0 fully saturated rings. The average Bonchev–Trinajstić information content (AvgIpc) is 2.69. The molecule has 1 heterocycles. The van der Waals surface area contributed by atoms with E-state index in [1.807, 2.05) is 0 Å². The number of fused-ring (bicyclic) bond motifs is 1. The molecule has 1 aromatic heterocycles. The van der Waals surface area contributed by atoms with Crippen LogP contribution in [-0.2, 0) is 6.42 Å². The molecule has 0 aliphatic heterocycles. The molecule has 0 unspecified atom stereocenters. The first-order valence-electron chi connectivity index (χ1n) is 5.77. The Morgan fingerprint density at radius 2 is 1.94 bits per heavy atom. The zero-order valence-corrected chi connectivity index (χ0v) is 9.56. The van der Waals surface area contributed by atoms with Gasteiger partial charge in [-0.2, -0.15) is 0 Å². The van der Waals surface area contributed by atoms with E-state index in [-0.39, 0.29) is 11.6 Å². The molecule has 0 saturated heterocycles. The minimum absolute atomic E-state index is 0.0487. The van der Waals surface area contributed by atoms with Gasteiger partial charge in [0.2, 0.25) is 0 Å². The van der Waals surface area contributed by atoms with E-state index in [0.29, 0.717) is 29.8 Å². The molecule has 0 radical (unpaired) electrons. The highest BCUT2D eigenvalue weighted by molar-refractivity contribution is 5.98. The van der Waals surface area contributed by atoms with Gasteiger partial charge in [0.25, 0.3) is 0 Å². The Morgan fingerprint density at radius 1 is 1.22 bits per heavy atom. The summed E-state index contributed by atoms with van der Waals surface area (Å²) in [5.41, 5.74) is 2.23. The fourth-order valence-corrected chi connectivity index (χ4v) is 2.34. The maximum absolute atomic E-state index is 12.9. The predicted octanol–water partition coefficient (Wildman–Crippen LogP) is 2.45. The van der Waals surface area contributed by atoms with Crippen molar-refractivity contribution in [2.45, 2.75) is 19.3 Å². The van der Waals surface area contributed by atoms with Gasteiger partial charge in [0, 0.05) is 17.5 Å². The average molecular weight is 246 g/mol. The lowest BCUT2D eigenvalue weighted by Gasteiger charge is -2.10. The maximum atomic E-state index is 12.9. The zero-order chi connectivity index (χ0) is 12.7. The summed E-state index contributed by atoms with van der Waals surface area (Å²) < 4.78 is 12.9. The summed E-state index contributed by atoms with van der Waals surface area (Å²) in [5.74, 6) is -0.389. The Balaban J connectivity index is 2.18. The lowest BCUT2D eigenvalue weighted by molar-refractivity contribution is 0.0956. The number of benzene rings is 1. The van der Waals surface area contributed by atoms with E-state index in [2.05, 4.69) is 5.10 Å². The summed E-state index contributed by atoms with van der Waals surface area (Å²) in [5, 5.41) is 13.7. The van der Waals surface area contributed by atoms with Crippen LogP contribution in [0, 0.1) is 5.82 Å². The van der Waals surface area contributed by atoms with Crippen LogP contribution in [-0.4, -0.2) is 20.9 Å². The highest BCUT2D eigenvalue weighted by atomic mass is 19.1. The minimum atomic E-state index is -0.340. The van der Waals surface area contributed by atoms with Crippen molar-refractivity contribution in [2.75, 3.05) is 0 Å².